The van der Waals surface area contributed by atoms with Crippen molar-refractivity contribution in [2.75, 3.05) is 13.2 Å². The van der Waals surface area contributed by atoms with Crippen molar-refractivity contribution in [2.24, 2.45) is 0 Å². The van der Waals surface area contributed by atoms with Gasteiger partial charge in [0.15, 0.2) is 4.96 Å². The van der Waals surface area contributed by atoms with Crippen LogP contribution in [-0.2, 0) is 20.7 Å². The van der Waals surface area contributed by atoms with Crippen LogP contribution in [0.4, 0.5) is 0 Å². The Morgan fingerprint density at radius 2 is 2.17 bits per heavy atom. The van der Waals surface area contributed by atoms with Gasteiger partial charge < -0.3 is 10.1 Å². The van der Waals surface area contributed by atoms with Gasteiger partial charge in [-0.2, -0.15) is 0 Å². The summed E-state index contributed by atoms with van der Waals surface area (Å²) in [5, 5.41) is 4.61. The normalized spacial score (nSPS) is 10.7. The predicted octanol–water partition coefficient (Wildman–Crippen LogP) is 1.07. The molecule has 2 aromatic heterocycles. The number of esters is 1. The van der Waals surface area contributed by atoms with E-state index in [1.807, 2.05) is 5.38 Å². The predicted molar refractivity (Wildman–Crippen MR) is 86.7 cm³/mol. The number of amides is 1. The molecule has 0 unspecified atom stereocenters. The zero-order chi connectivity index (χ0) is 16.8. The highest BCUT2D eigenvalue weighted by atomic mass is 32.1. The molecule has 2 rings (SSSR count). The summed E-state index contributed by atoms with van der Waals surface area (Å²) >= 11 is 1.40. The second-order valence-electron chi connectivity index (χ2n) is 4.99. The summed E-state index contributed by atoms with van der Waals surface area (Å²) in [6.45, 7) is 4.22. The number of hydrogen-bond donors (Lipinski definition) is 1. The third-order valence-corrected chi connectivity index (χ3v) is 4.04. The molecule has 0 aromatic carbocycles. The summed E-state index contributed by atoms with van der Waals surface area (Å²) in [6, 6.07) is 1.49. The van der Waals surface area contributed by atoms with E-state index in [9.17, 15) is 14.4 Å². The summed E-state index contributed by atoms with van der Waals surface area (Å²) in [4.78, 5) is 39.8. The second kappa shape index (κ2) is 7.87. The van der Waals surface area contributed by atoms with Gasteiger partial charge in [0.05, 0.1) is 13.0 Å². The maximum atomic E-state index is 12.0. The van der Waals surface area contributed by atoms with Crippen LogP contribution in [0.15, 0.2) is 16.2 Å². The van der Waals surface area contributed by atoms with Crippen molar-refractivity contribution < 1.29 is 14.3 Å². The molecule has 0 atom stereocenters. The van der Waals surface area contributed by atoms with Crippen LogP contribution in [0.3, 0.4) is 0 Å². The van der Waals surface area contributed by atoms with E-state index in [0.717, 1.165) is 5.69 Å². The molecule has 0 radical (unpaired) electrons. The fourth-order valence-corrected chi connectivity index (χ4v) is 3.10. The Bertz CT molecular complexity index is 766. The number of rotatable bonds is 7. The average Bonchev–Trinajstić information content (AvgIpc) is 2.88. The summed E-state index contributed by atoms with van der Waals surface area (Å²) in [5.41, 5.74) is 1.39. The lowest BCUT2D eigenvalue weighted by Gasteiger charge is -2.05. The number of hydrogen-bond acceptors (Lipinski definition) is 6. The van der Waals surface area contributed by atoms with E-state index >= 15 is 0 Å². The third kappa shape index (κ3) is 4.62. The van der Waals surface area contributed by atoms with Gasteiger partial charge in [0, 0.05) is 42.2 Å². The standard InChI is InChI=1S/C15H19N3O4S/c1-3-22-14(21)5-4-12(19)16-7-6-11-9-23-15-17-10(2)8-13(20)18(11)15/h8-9H,3-7H2,1-2H3,(H,16,19). The molecule has 8 heteroatoms. The molecule has 0 aliphatic rings. The van der Waals surface area contributed by atoms with Crippen LogP contribution in [0, 0.1) is 6.92 Å². The number of thiazole rings is 1. The number of ether oxygens (including phenoxy) is 1. The zero-order valence-electron chi connectivity index (χ0n) is 13.1. The maximum absolute atomic E-state index is 12.0. The molecule has 0 aliphatic heterocycles. The number of nitrogens with one attached hydrogen (secondary N) is 1. The molecule has 124 valence electrons. The Morgan fingerprint density at radius 1 is 1.39 bits per heavy atom. The van der Waals surface area contributed by atoms with Gasteiger partial charge in [0.1, 0.15) is 0 Å². The molecule has 2 aromatic rings. The van der Waals surface area contributed by atoms with E-state index < -0.39 is 0 Å². The largest absolute Gasteiger partial charge is 0.466 e. The lowest BCUT2D eigenvalue weighted by Crippen LogP contribution is -2.27. The van der Waals surface area contributed by atoms with E-state index in [0.29, 0.717) is 30.2 Å². The van der Waals surface area contributed by atoms with Crippen molar-refractivity contribution in [3.8, 4) is 0 Å². The monoisotopic (exact) mass is 337 g/mol. The Morgan fingerprint density at radius 3 is 2.91 bits per heavy atom. The van der Waals surface area contributed by atoms with E-state index in [1.165, 1.54) is 17.4 Å². The number of carbonyl (C=O) groups excluding carboxylic acids is 2. The quantitative estimate of drug-likeness (QED) is 0.763. The highest BCUT2D eigenvalue weighted by Gasteiger charge is 2.10. The van der Waals surface area contributed by atoms with Crippen LogP contribution in [-0.4, -0.2) is 34.4 Å². The van der Waals surface area contributed by atoms with Crippen molar-refractivity contribution in [2.45, 2.75) is 33.1 Å². The Balaban J connectivity index is 1.86. The first-order chi connectivity index (χ1) is 11.0. The third-order valence-electron chi connectivity index (χ3n) is 3.17. The van der Waals surface area contributed by atoms with Crippen LogP contribution in [0.25, 0.3) is 4.96 Å². The van der Waals surface area contributed by atoms with Crippen molar-refractivity contribution in [1.29, 1.82) is 0 Å². The van der Waals surface area contributed by atoms with Crippen LogP contribution in [0.2, 0.25) is 0 Å². The first kappa shape index (κ1) is 17.1. The molecule has 23 heavy (non-hydrogen) atoms. The van der Waals surface area contributed by atoms with Crippen molar-refractivity contribution in [3.05, 3.63) is 33.2 Å². The second-order valence-corrected chi connectivity index (χ2v) is 5.82. The number of fused-ring (bicyclic) bond motifs is 1. The number of carbonyl (C=O) groups is 2. The molecular weight excluding hydrogens is 318 g/mol. The molecule has 1 N–H and O–H groups in total. The average molecular weight is 337 g/mol. The summed E-state index contributed by atoms with van der Waals surface area (Å²) in [5.74, 6) is -0.585. The molecule has 0 saturated carbocycles. The van der Waals surface area contributed by atoms with Crippen LogP contribution in [0.1, 0.15) is 31.2 Å². The van der Waals surface area contributed by atoms with Gasteiger partial charge >= 0.3 is 5.97 Å². The van der Waals surface area contributed by atoms with Gasteiger partial charge in [-0.25, -0.2) is 4.98 Å². The molecule has 2 heterocycles. The topological polar surface area (TPSA) is 89.8 Å². The van der Waals surface area contributed by atoms with Crippen LogP contribution >= 0.6 is 11.3 Å². The van der Waals surface area contributed by atoms with Crippen molar-refractivity contribution in [3.63, 3.8) is 0 Å². The molecule has 0 spiro atoms. The van der Waals surface area contributed by atoms with Gasteiger partial charge in [0.25, 0.3) is 5.56 Å². The van der Waals surface area contributed by atoms with Crippen molar-refractivity contribution in [1.82, 2.24) is 14.7 Å². The van der Waals surface area contributed by atoms with E-state index in [4.69, 9.17) is 4.74 Å². The maximum Gasteiger partial charge on any atom is 0.306 e. The fraction of sp³-hybridized carbons (Fsp3) is 0.467. The van der Waals surface area contributed by atoms with Gasteiger partial charge in [-0.1, -0.05) is 0 Å². The number of nitrogens with zero attached hydrogens (tertiary/aromatic N) is 2. The lowest BCUT2D eigenvalue weighted by molar-refractivity contribution is -0.144. The first-order valence-corrected chi connectivity index (χ1v) is 8.28. The smallest absolute Gasteiger partial charge is 0.306 e. The molecule has 0 fully saturated rings. The van der Waals surface area contributed by atoms with Gasteiger partial charge in [-0.05, 0) is 13.8 Å². The minimum absolute atomic E-state index is 0.0731. The first-order valence-electron chi connectivity index (χ1n) is 7.40. The summed E-state index contributed by atoms with van der Waals surface area (Å²) in [7, 11) is 0. The van der Waals surface area contributed by atoms with Gasteiger partial charge in [-0.15, -0.1) is 11.3 Å². The molecule has 0 aliphatic carbocycles. The zero-order valence-corrected chi connectivity index (χ0v) is 13.9. The molecular formula is C15H19N3O4S. The Hall–Kier alpha value is -2.22. The van der Waals surface area contributed by atoms with E-state index in [1.54, 1.807) is 18.2 Å². The highest BCUT2D eigenvalue weighted by Crippen LogP contribution is 2.12. The van der Waals surface area contributed by atoms with E-state index in [2.05, 4.69) is 10.3 Å². The van der Waals surface area contributed by atoms with Crippen LogP contribution in [0.5, 0.6) is 0 Å². The molecule has 0 saturated heterocycles. The SMILES string of the molecule is CCOC(=O)CCC(=O)NCCc1csc2nc(C)cc(=O)n12. The number of aromatic nitrogens is 2. The van der Waals surface area contributed by atoms with Crippen LogP contribution < -0.4 is 10.9 Å². The minimum Gasteiger partial charge on any atom is -0.466 e. The Kier molecular flexibility index (Phi) is 5.86. The minimum atomic E-state index is -0.375. The van der Waals surface area contributed by atoms with E-state index in [-0.39, 0.29) is 30.3 Å². The van der Waals surface area contributed by atoms with Crippen molar-refractivity contribution >= 4 is 28.2 Å². The molecule has 1 amide bonds. The summed E-state index contributed by atoms with van der Waals surface area (Å²) in [6.07, 6.45) is 0.698. The lowest BCUT2D eigenvalue weighted by atomic mass is 10.3. The fourth-order valence-electron chi connectivity index (χ4n) is 2.13. The number of aryl methyl sites for hydroxylation is 1. The van der Waals surface area contributed by atoms with Gasteiger partial charge in [-0.3, -0.25) is 18.8 Å². The van der Waals surface area contributed by atoms with Gasteiger partial charge in [0.2, 0.25) is 5.91 Å². The molecule has 0 bridgehead atoms. The Labute approximate surface area is 137 Å². The summed E-state index contributed by atoms with van der Waals surface area (Å²) < 4.78 is 6.32. The highest BCUT2D eigenvalue weighted by molar-refractivity contribution is 7.15. The molecule has 7 nitrogen and oxygen atoms in total.